The molecule has 5 rings (SSSR count). The van der Waals surface area contributed by atoms with E-state index in [4.69, 9.17) is 18.9 Å². The minimum absolute atomic E-state index is 0.0131. The van der Waals surface area contributed by atoms with E-state index in [9.17, 15) is 29.9 Å². The summed E-state index contributed by atoms with van der Waals surface area (Å²) in [5.41, 5.74) is 1.37. The first kappa shape index (κ1) is 49.0. The molecule has 65 heavy (non-hydrogen) atoms. The number of para-hydroxylation sites is 1. The van der Waals surface area contributed by atoms with Gasteiger partial charge in [-0.15, -0.1) is 0 Å². The van der Waals surface area contributed by atoms with E-state index in [1.54, 1.807) is 60.7 Å². The van der Waals surface area contributed by atoms with Crippen LogP contribution in [0.1, 0.15) is 136 Å². The number of esters is 2. The fourth-order valence-corrected chi connectivity index (χ4v) is 6.76. The summed E-state index contributed by atoms with van der Waals surface area (Å²) in [7, 11) is 0. The predicted molar refractivity (Wildman–Crippen MR) is 254 cm³/mol. The molecule has 0 spiro atoms. The Hall–Kier alpha value is -7.02. The molecule has 0 radical (unpaired) electrons. The molecule has 0 saturated carbocycles. The molecular weight excluding hydrogens is 827 g/mol. The van der Waals surface area contributed by atoms with E-state index in [1.165, 1.54) is 119 Å². The minimum Gasteiger partial charge on any atom is -0.507 e. The average Bonchev–Trinajstić information content (AvgIpc) is 3.30. The molecule has 13 nitrogen and oxygen atoms in total. The third-order valence-corrected chi connectivity index (χ3v) is 10.5. The molecule has 0 bridgehead atoms. The molecule has 342 valence electrons. The number of nitrogens with zero attached hydrogens (tertiary/aromatic N) is 3. The van der Waals surface area contributed by atoms with E-state index in [2.05, 4.69) is 23.8 Å². The first-order valence-corrected chi connectivity index (χ1v) is 22.6. The van der Waals surface area contributed by atoms with Crippen molar-refractivity contribution in [1.82, 2.24) is 0 Å². The van der Waals surface area contributed by atoms with Crippen molar-refractivity contribution >= 4 is 41.4 Å². The van der Waals surface area contributed by atoms with E-state index in [1.807, 2.05) is 0 Å². The van der Waals surface area contributed by atoms with Gasteiger partial charge in [0.25, 0.3) is 0 Å². The van der Waals surface area contributed by atoms with Gasteiger partial charge in [0.15, 0.2) is 0 Å². The van der Waals surface area contributed by atoms with Crippen LogP contribution in [0, 0.1) is 10.1 Å². The summed E-state index contributed by atoms with van der Waals surface area (Å²) in [4.78, 5) is 46.4. The summed E-state index contributed by atoms with van der Waals surface area (Å²) >= 11 is 0. The Morgan fingerprint density at radius 2 is 0.938 bits per heavy atom. The van der Waals surface area contributed by atoms with Crippen LogP contribution in [-0.4, -0.2) is 52.7 Å². The summed E-state index contributed by atoms with van der Waals surface area (Å²) in [6.45, 7) is 5.57. The smallest absolute Gasteiger partial charge is 0.353 e. The first-order valence-electron chi connectivity index (χ1n) is 22.6. The largest absolute Gasteiger partial charge is 0.507 e. The maximum atomic E-state index is 13.1. The number of carbonyl (C=O) groups is 2. The van der Waals surface area contributed by atoms with E-state index < -0.39 is 34.0 Å². The fourth-order valence-electron chi connectivity index (χ4n) is 6.76. The van der Waals surface area contributed by atoms with Crippen molar-refractivity contribution in [1.29, 1.82) is 0 Å². The highest BCUT2D eigenvalue weighted by Crippen LogP contribution is 2.38. The zero-order chi connectivity index (χ0) is 46.2. The predicted octanol–water partition coefficient (Wildman–Crippen LogP) is 13.2. The molecule has 0 aliphatic carbocycles. The third-order valence-electron chi connectivity index (χ3n) is 10.5. The number of aliphatic imine (C=N–C) groups is 2. The van der Waals surface area contributed by atoms with Crippen LogP contribution in [0.25, 0.3) is 0 Å². The number of unbranched alkanes of at least 4 members (excludes halogenated alkanes) is 12. The molecule has 0 aliphatic rings. The van der Waals surface area contributed by atoms with Gasteiger partial charge in [0.1, 0.15) is 23.0 Å². The minimum atomic E-state index is -0.885. The number of rotatable bonds is 27. The molecule has 5 aromatic carbocycles. The molecule has 5 aromatic rings. The number of carbonyl (C=O) groups excluding carboxylic acids is 2. The van der Waals surface area contributed by atoms with Gasteiger partial charge >= 0.3 is 17.6 Å². The number of benzene rings is 5. The third kappa shape index (κ3) is 16.2. The molecule has 13 heteroatoms. The lowest BCUT2D eigenvalue weighted by molar-refractivity contribution is -0.386. The Kier molecular flexibility index (Phi) is 20.0. The summed E-state index contributed by atoms with van der Waals surface area (Å²) in [5.74, 6) is -1.43. The van der Waals surface area contributed by atoms with Gasteiger partial charge in [0, 0.05) is 35.7 Å². The van der Waals surface area contributed by atoms with Gasteiger partial charge in [0.2, 0.25) is 11.5 Å². The molecule has 0 amide bonds. The number of aromatic hydroxyl groups is 2. The lowest BCUT2D eigenvalue weighted by Gasteiger charge is -2.09. The van der Waals surface area contributed by atoms with Gasteiger partial charge in [0.05, 0.1) is 40.6 Å². The first-order chi connectivity index (χ1) is 31.6. The van der Waals surface area contributed by atoms with Gasteiger partial charge < -0.3 is 29.2 Å². The Bertz CT molecular complexity index is 2210. The SMILES string of the molecule is CCCCCCCCCOc1ccc(C=Nc2ccc(C(=O)Oc3cccc(OC(=O)c4ccc(N=Cc5ccc(OCCCCCCCCC)cc5O)cc4)c3[N+](=O)[O-])cc2)c(O)c1. The molecule has 0 heterocycles. The molecule has 0 unspecified atom stereocenters. The number of ether oxygens (including phenoxy) is 4. The van der Waals surface area contributed by atoms with E-state index >= 15 is 0 Å². The number of phenolic OH excluding ortho intramolecular Hbond substituents is 2. The van der Waals surface area contributed by atoms with Crippen molar-refractivity contribution in [3.05, 3.63) is 135 Å². The van der Waals surface area contributed by atoms with Crippen molar-refractivity contribution in [3.8, 4) is 34.5 Å². The van der Waals surface area contributed by atoms with Crippen LogP contribution < -0.4 is 18.9 Å². The van der Waals surface area contributed by atoms with Gasteiger partial charge in [-0.3, -0.25) is 20.1 Å². The fraction of sp³-hybridized carbons (Fsp3) is 0.346. The number of nitro benzene ring substituents is 1. The van der Waals surface area contributed by atoms with Crippen molar-refractivity contribution < 1.29 is 43.7 Å². The monoisotopic (exact) mass is 885 g/mol. The van der Waals surface area contributed by atoms with Crippen LogP contribution in [0.2, 0.25) is 0 Å². The molecule has 0 fully saturated rings. The van der Waals surface area contributed by atoms with Crippen LogP contribution in [-0.2, 0) is 0 Å². The van der Waals surface area contributed by atoms with Crippen LogP contribution in [0.5, 0.6) is 34.5 Å². The summed E-state index contributed by atoms with van der Waals surface area (Å²) < 4.78 is 22.4. The van der Waals surface area contributed by atoms with Crippen LogP contribution in [0.3, 0.4) is 0 Å². The Morgan fingerprint density at radius 3 is 1.31 bits per heavy atom. The molecule has 0 aliphatic heterocycles. The van der Waals surface area contributed by atoms with Crippen molar-refractivity contribution in [2.24, 2.45) is 9.98 Å². The average molecular weight is 886 g/mol. The quantitative estimate of drug-likeness (QED) is 0.0129. The number of hydrogen-bond donors (Lipinski definition) is 2. The second-order valence-electron chi connectivity index (χ2n) is 15.6. The number of phenols is 2. The summed E-state index contributed by atoms with van der Waals surface area (Å²) in [6.07, 6.45) is 19.5. The van der Waals surface area contributed by atoms with Gasteiger partial charge in [-0.2, -0.15) is 0 Å². The van der Waals surface area contributed by atoms with Gasteiger partial charge in [-0.25, -0.2) is 9.59 Å². The Labute approximate surface area is 380 Å². The molecule has 0 atom stereocenters. The highest BCUT2D eigenvalue weighted by molar-refractivity contribution is 5.94. The van der Waals surface area contributed by atoms with E-state index in [0.717, 1.165) is 25.7 Å². The lowest BCUT2D eigenvalue weighted by atomic mass is 10.1. The van der Waals surface area contributed by atoms with Crippen molar-refractivity contribution in [2.45, 2.75) is 104 Å². The Balaban J connectivity index is 1.11. The van der Waals surface area contributed by atoms with Crippen LogP contribution in [0.15, 0.2) is 113 Å². The second kappa shape index (κ2) is 26.6. The lowest BCUT2D eigenvalue weighted by Crippen LogP contribution is -2.12. The molecule has 2 N–H and O–H groups in total. The zero-order valence-corrected chi connectivity index (χ0v) is 37.3. The maximum absolute atomic E-state index is 13.1. The molecular formula is C52H59N3O10. The van der Waals surface area contributed by atoms with E-state index in [0.29, 0.717) is 47.2 Å². The normalized spacial score (nSPS) is 11.2. The standard InChI is InChI=1S/C52H59N3O10/c1-3-5-7-9-11-13-15-32-62-44-30-24-40(46(56)34-44)36-53-42-26-20-38(21-27-42)51(58)64-48-18-17-19-49(50(48)55(60)61)65-52(59)39-22-28-43(29-23-39)54-37-41-25-31-45(35-47(41)57)63-33-16-14-12-10-8-6-4-2/h17-31,34-37,56-57H,3-16,32-33H2,1-2H3. The number of nitro groups is 1. The maximum Gasteiger partial charge on any atom is 0.353 e. The zero-order valence-electron chi connectivity index (χ0n) is 37.3. The van der Waals surface area contributed by atoms with Crippen molar-refractivity contribution in [2.75, 3.05) is 13.2 Å². The molecule has 0 aromatic heterocycles. The second-order valence-corrected chi connectivity index (χ2v) is 15.6. The summed E-state index contributed by atoms with van der Waals surface area (Å²) in [6, 6.07) is 25.9. The molecule has 0 saturated heterocycles. The summed E-state index contributed by atoms with van der Waals surface area (Å²) in [5, 5.41) is 33.2. The van der Waals surface area contributed by atoms with Gasteiger partial charge in [-0.05, 0) is 97.8 Å². The van der Waals surface area contributed by atoms with Crippen LogP contribution in [0.4, 0.5) is 17.1 Å². The van der Waals surface area contributed by atoms with E-state index in [-0.39, 0.29) is 22.6 Å². The Morgan fingerprint density at radius 1 is 0.554 bits per heavy atom. The van der Waals surface area contributed by atoms with Gasteiger partial charge in [-0.1, -0.05) is 97.0 Å². The van der Waals surface area contributed by atoms with Crippen molar-refractivity contribution in [3.63, 3.8) is 0 Å². The highest BCUT2D eigenvalue weighted by atomic mass is 16.6. The van der Waals surface area contributed by atoms with Crippen LogP contribution >= 0.6 is 0 Å². The number of hydrogen-bond acceptors (Lipinski definition) is 12. The topological polar surface area (TPSA) is 179 Å². The highest BCUT2D eigenvalue weighted by Gasteiger charge is 2.27.